The first-order valence-corrected chi connectivity index (χ1v) is 5.28. The lowest BCUT2D eigenvalue weighted by Crippen LogP contribution is -2.06. The van der Waals surface area contributed by atoms with Gasteiger partial charge >= 0.3 is 5.97 Å². The standard InChI is InChI=1S/C12H12N4O2/c1-8-3-4-13-5-9(8)16-11-7-14-10(6-15-11)12(17)18-2/h3-7H,1-2H3,(H,15,16). The Morgan fingerprint density at radius 3 is 2.72 bits per heavy atom. The summed E-state index contributed by atoms with van der Waals surface area (Å²) in [4.78, 5) is 23.2. The van der Waals surface area contributed by atoms with Crippen molar-refractivity contribution in [1.29, 1.82) is 0 Å². The summed E-state index contributed by atoms with van der Waals surface area (Å²) in [5.74, 6) is 0.0327. The zero-order valence-electron chi connectivity index (χ0n) is 10.0. The third-order valence-electron chi connectivity index (χ3n) is 2.35. The molecule has 0 saturated carbocycles. The fraction of sp³-hybridized carbons (Fsp3) is 0.167. The summed E-state index contributed by atoms with van der Waals surface area (Å²) in [6, 6.07) is 1.89. The second-order valence-electron chi connectivity index (χ2n) is 3.59. The number of rotatable bonds is 3. The Morgan fingerprint density at radius 2 is 2.11 bits per heavy atom. The molecule has 2 aromatic rings. The van der Waals surface area contributed by atoms with Crippen molar-refractivity contribution in [2.45, 2.75) is 6.92 Å². The first-order valence-electron chi connectivity index (χ1n) is 5.28. The number of carbonyl (C=O) groups is 1. The van der Waals surface area contributed by atoms with Crippen LogP contribution in [-0.4, -0.2) is 28.0 Å². The summed E-state index contributed by atoms with van der Waals surface area (Å²) in [6.45, 7) is 1.96. The summed E-state index contributed by atoms with van der Waals surface area (Å²) < 4.78 is 4.54. The smallest absolute Gasteiger partial charge is 0.358 e. The maximum absolute atomic E-state index is 11.2. The number of anilines is 2. The summed E-state index contributed by atoms with van der Waals surface area (Å²) in [5, 5.41) is 3.07. The van der Waals surface area contributed by atoms with E-state index in [1.807, 2.05) is 13.0 Å². The van der Waals surface area contributed by atoms with Crippen molar-refractivity contribution in [3.63, 3.8) is 0 Å². The molecule has 2 rings (SSSR count). The lowest BCUT2D eigenvalue weighted by atomic mass is 10.2. The SMILES string of the molecule is COC(=O)c1cnc(Nc2cnccc2C)cn1. The fourth-order valence-corrected chi connectivity index (χ4v) is 1.34. The lowest BCUT2D eigenvalue weighted by molar-refractivity contribution is 0.0593. The van der Waals surface area contributed by atoms with Crippen LogP contribution in [0.1, 0.15) is 16.1 Å². The van der Waals surface area contributed by atoms with E-state index in [1.165, 1.54) is 19.5 Å². The first kappa shape index (κ1) is 12.0. The molecule has 0 saturated heterocycles. The van der Waals surface area contributed by atoms with Gasteiger partial charge in [-0.2, -0.15) is 0 Å². The van der Waals surface area contributed by atoms with Crippen LogP contribution in [0.15, 0.2) is 30.9 Å². The second-order valence-corrected chi connectivity index (χ2v) is 3.59. The van der Waals surface area contributed by atoms with E-state index in [4.69, 9.17) is 0 Å². The number of esters is 1. The minimum absolute atomic E-state index is 0.172. The predicted molar refractivity (Wildman–Crippen MR) is 65.6 cm³/mol. The summed E-state index contributed by atoms with van der Waals surface area (Å²) in [7, 11) is 1.30. The number of aromatic nitrogens is 3. The first-order chi connectivity index (χ1) is 8.70. The van der Waals surface area contributed by atoms with Gasteiger partial charge in [-0.1, -0.05) is 0 Å². The third kappa shape index (κ3) is 2.60. The number of nitrogens with one attached hydrogen (secondary N) is 1. The van der Waals surface area contributed by atoms with Crippen LogP contribution in [0.2, 0.25) is 0 Å². The number of hydrogen-bond acceptors (Lipinski definition) is 6. The number of ether oxygens (including phenoxy) is 1. The van der Waals surface area contributed by atoms with Crippen LogP contribution in [0.3, 0.4) is 0 Å². The molecule has 2 heterocycles. The van der Waals surface area contributed by atoms with Crippen molar-refractivity contribution in [2.24, 2.45) is 0 Å². The lowest BCUT2D eigenvalue weighted by Gasteiger charge is -2.07. The van der Waals surface area contributed by atoms with Crippen LogP contribution in [-0.2, 0) is 4.74 Å². The van der Waals surface area contributed by atoms with Crippen LogP contribution in [0, 0.1) is 6.92 Å². The number of aryl methyl sites for hydroxylation is 1. The molecule has 0 radical (unpaired) electrons. The van der Waals surface area contributed by atoms with Gasteiger partial charge in [0, 0.05) is 6.20 Å². The van der Waals surface area contributed by atoms with E-state index in [-0.39, 0.29) is 5.69 Å². The van der Waals surface area contributed by atoms with E-state index in [0.717, 1.165) is 11.3 Å². The van der Waals surface area contributed by atoms with Gasteiger partial charge in [0.15, 0.2) is 5.69 Å². The Labute approximate surface area is 104 Å². The van der Waals surface area contributed by atoms with Crippen molar-refractivity contribution in [3.8, 4) is 0 Å². The molecule has 0 aromatic carbocycles. The molecule has 0 fully saturated rings. The molecule has 0 amide bonds. The second kappa shape index (κ2) is 5.22. The molecule has 0 atom stereocenters. The van der Waals surface area contributed by atoms with Gasteiger partial charge in [0.25, 0.3) is 0 Å². The van der Waals surface area contributed by atoms with Crippen LogP contribution in [0.25, 0.3) is 0 Å². The van der Waals surface area contributed by atoms with Crippen LogP contribution in [0.4, 0.5) is 11.5 Å². The predicted octanol–water partition coefficient (Wildman–Crippen LogP) is 1.71. The molecule has 0 aliphatic heterocycles. The normalized spacial score (nSPS) is 9.89. The van der Waals surface area contributed by atoms with Crippen LogP contribution < -0.4 is 5.32 Å². The Kier molecular flexibility index (Phi) is 3.47. The third-order valence-corrected chi connectivity index (χ3v) is 2.35. The topological polar surface area (TPSA) is 77.0 Å². The van der Waals surface area contributed by atoms with Gasteiger partial charge in [0.2, 0.25) is 0 Å². The van der Waals surface area contributed by atoms with Gasteiger partial charge in [-0.25, -0.2) is 14.8 Å². The molecule has 1 N–H and O–H groups in total. The highest BCUT2D eigenvalue weighted by molar-refractivity contribution is 5.86. The van der Waals surface area contributed by atoms with Crippen molar-refractivity contribution >= 4 is 17.5 Å². The largest absolute Gasteiger partial charge is 0.464 e. The Balaban J connectivity index is 2.16. The zero-order valence-corrected chi connectivity index (χ0v) is 10.0. The molecule has 2 aromatic heterocycles. The van der Waals surface area contributed by atoms with E-state index < -0.39 is 5.97 Å². The van der Waals surface area contributed by atoms with E-state index in [2.05, 4.69) is 25.0 Å². The number of pyridine rings is 1. The fourth-order valence-electron chi connectivity index (χ4n) is 1.34. The van der Waals surface area contributed by atoms with Gasteiger partial charge in [0.1, 0.15) is 5.82 Å². The molecule has 18 heavy (non-hydrogen) atoms. The molecular formula is C12H12N4O2. The van der Waals surface area contributed by atoms with Gasteiger partial charge in [-0.15, -0.1) is 0 Å². The van der Waals surface area contributed by atoms with Crippen LogP contribution >= 0.6 is 0 Å². The highest BCUT2D eigenvalue weighted by Gasteiger charge is 2.07. The monoisotopic (exact) mass is 244 g/mol. The van der Waals surface area contributed by atoms with Crippen molar-refractivity contribution in [3.05, 3.63) is 42.1 Å². The maximum atomic E-state index is 11.2. The highest BCUT2D eigenvalue weighted by atomic mass is 16.5. The van der Waals surface area contributed by atoms with E-state index in [1.54, 1.807) is 12.4 Å². The van der Waals surface area contributed by atoms with E-state index in [9.17, 15) is 4.79 Å². The summed E-state index contributed by atoms with van der Waals surface area (Å²) in [5.41, 5.74) is 2.06. The molecule has 0 spiro atoms. The van der Waals surface area contributed by atoms with Gasteiger partial charge in [0.05, 0.1) is 31.4 Å². The van der Waals surface area contributed by atoms with Gasteiger partial charge < -0.3 is 10.1 Å². The average Bonchev–Trinajstić information content (AvgIpc) is 2.41. The highest BCUT2D eigenvalue weighted by Crippen LogP contribution is 2.16. The minimum Gasteiger partial charge on any atom is -0.464 e. The summed E-state index contributed by atoms with van der Waals surface area (Å²) >= 11 is 0. The van der Waals surface area contributed by atoms with Crippen LogP contribution in [0.5, 0.6) is 0 Å². The zero-order chi connectivity index (χ0) is 13.0. The number of nitrogens with zero attached hydrogens (tertiary/aromatic N) is 3. The Morgan fingerprint density at radius 1 is 1.28 bits per heavy atom. The molecule has 0 bridgehead atoms. The molecule has 6 nitrogen and oxygen atoms in total. The van der Waals surface area contributed by atoms with Gasteiger partial charge in [-0.05, 0) is 18.6 Å². The molecule has 0 aliphatic rings. The molecule has 6 heteroatoms. The maximum Gasteiger partial charge on any atom is 0.358 e. The molecule has 0 unspecified atom stereocenters. The molecular weight excluding hydrogens is 232 g/mol. The minimum atomic E-state index is -0.508. The van der Waals surface area contributed by atoms with Gasteiger partial charge in [-0.3, -0.25) is 4.98 Å². The molecule has 0 aliphatic carbocycles. The number of hydrogen-bond donors (Lipinski definition) is 1. The van der Waals surface area contributed by atoms with E-state index >= 15 is 0 Å². The van der Waals surface area contributed by atoms with Crippen molar-refractivity contribution in [2.75, 3.05) is 12.4 Å². The summed E-state index contributed by atoms with van der Waals surface area (Å²) in [6.07, 6.45) is 6.25. The quantitative estimate of drug-likeness (QED) is 0.828. The van der Waals surface area contributed by atoms with Crippen molar-refractivity contribution in [1.82, 2.24) is 15.0 Å². The Hall–Kier alpha value is -2.50. The average molecular weight is 244 g/mol. The number of carbonyl (C=O) groups excluding carboxylic acids is 1. The van der Waals surface area contributed by atoms with Crippen molar-refractivity contribution < 1.29 is 9.53 Å². The molecule has 92 valence electrons. The Bertz CT molecular complexity index is 554. The number of methoxy groups -OCH3 is 1. The van der Waals surface area contributed by atoms with E-state index in [0.29, 0.717) is 5.82 Å².